The SMILES string of the molecule is C=C(C)C[C@H](N)c1ccccc1OCc1ccccc1.Cl. The summed E-state index contributed by atoms with van der Waals surface area (Å²) in [5.74, 6) is 0.852. The molecule has 0 saturated carbocycles. The molecule has 2 aromatic rings. The molecule has 0 unspecified atom stereocenters. The predicted molar refractivity (Wildman–Crippen MR) is 90.8 cm³/mol. The van der Waals surface area contributed by atoms with Gasteiger partial charge in [-0.1, -0.05) is 54.1 Å². The zero-order chi connectivity index (χ0) is 14.4. The quantitative estimate of drug-likeness (QED) is 0.788. The van der Waals surface area contributed by atoms with Crippen LogP contribution in [-0.4, -0.2) is 0 Å². The van der Waals surface area contributed by atoms with E-state index in [-0.39, 0.29) is 18.4 Å². The molecule has 0 bridgehead atoms. The number of ether oxygens (including phenoxy) is 1. The Hall–Kier alpha value is -1.77. The average Bonchev–Trinajstić information content (AvgIpc) is 2.46. The second kappa shape index (κ2) is 8.50. The Morgan fingerprint density at radius 1 is 1.10 bits per heavy atom. The molecule has 0 amide bonds. The number of para-hydroxylation sites is 1. The van der Waals surface area contributed by atoms with Crippen molar-refractivity contribution >= 4 is 12.4 Å². The standard InChI is InChI=1S/C18H21NO.ClH/c1-14(2)12-17(19)16-10-6-7-11-18(16)20-13-15-8-4-3-5-9-15;/h3-11,17H,1,12-13,19H2,2H3;1H/t17-;/m0./s1. The van der Waals surface area contributed by atoms with E-state index >= 15 is 0 Å². The lowest BCUT2D eigenvalue weighted by Crippen LogP contribution is -2.12. The summed E-state index contributed by atoms with van der Waals surface area (Å²) in [6.45, 7) is 6.47. The Kier molecular flexibility index (Phi) is 7.00. The maximum absolute atomic E-state index is 6.22. The van der Waals surface area contributed by atoms with E-state index in [0.717, 1.165) is 28.9 Å². The smallest absolute Gasteiger partial charge is 0.124 e. The molecule has 2 nitrogen and oxygen atoms in total. The number of hydrogen-bond acceptors (Lipinski definition) is 2. The summed E-state index contributed by atoms with van der Waals surface area (Å²) < 4.78 is 5.92. The molecule has 0 aliphatic heterocycles. The van der Waals surface area contributed by atoms with E-state index in [1.807, 2.05) is 49.4 Å². The van der Waals surface area contributed by atoms with Gasteiger partial charge in [-0.15, -0.1) is 19.0 Å². The summed E-state index contributed by atoms with van der Waals surface area (Å²) in [7, 11) is 0. The molecule has 0 aliphatic rings. The van der Waals surface area contributed by atoms with E-state index in [4.69, 9.17) is 10.5 Å². The Morgan fingerprint density at radius 3 is 2.38 bits per heavy atom. The number of benzene rings is 2. The minimum Gasteiger partial charge on any atom is -0.489 e. The molecule has 0 saturated heterocycles. The zero-order valence-corrected chi connectivity index (χ0v) is 13.1. The zero-order valence-electron chi connectivity index (χ0n) is 12.3. The van der Waals surface area contributed by atoms with Crippen molar-refractivity contribution in [2.75, 3.05) is 0 Å². The van der Waals surface area contributed by atoms with Gasteiger partial charge in [0, 0.05) is 11.6 Å². The molecule has 0 heterocycles. The van der Waals surface area contributed by atoms with Crippen LogP contribution in [0.1, 0.15) is 30.5 Å². The summed E-state index contributed by atoms with van der Waals surface area (Å²) in [5, 5.41) is 0. The molecule has 0 fully saturated rings. The van der Waals surface area contributed by atoms with Crippen LogP contribution >= 0.6 is 12.4 Å². The normalized spacial score (nSPS) is 11.3. The summed E-state index contributed by atoms with van der Waals surface area (Å²) in [6.07, 6.45) is 0.770. The summed E-state index contributed by atoms with van der Waals surface area (Å²) >= 11 is 0. The van der Waals surface area contributed by atoms with Crippen molar-refractivity contribution in [3.8, 4) is 5.75 Å². The lowest BCUT2D eigenvalue weighted by atomic mass is 10.0. The topological polar surface area (TPSA) is 35.2 Å². The first kappa shape index (κ1) is 17.3. The van der Waals surface area contributed by atoms with Crippen LogP contribution in [-0.2, 0) is 6.61 Å². The van der Waals surface area contributed by atoms with Gasteiger partial charge in [0.15, 0.2) is 0 Å². The summed E-state index contributed by atoms with van der Waals surface area (Å²) in [6, 6.07) is 18.0. The number of rotatable bonds is 6. The van der Waals surface area contributed by atoms with E-state index < -0.39 is 0 Å². The third kappa shape index (κ3) is 5.25. The van der Waals surface area contributed by atoms with E-state index in [1.54, 1.807) is 0 Å². The van der Waals surface area contributed by atoms with Gasteiger partial charge >= 0.3 is 0 Å². The number of halogens is 1. The van der Waals surface area contributed by atoms with E-state index in [1.165, 1.54) is 0 Å². The Labute approximate surface area is 133 Å². The predicted octanol–water partition coefficient (Wildman–Crippen LogP) is 4.65. The molecule has 1 atom stereocenters. The fraction of sp³-hybridized carbons (Fsp3) is 0.222. The number of hydrogen-bond donors (Lipinski definition) is 1. The van der Waals surface area contributed by atoms with Gasteiger partial charge in [-0.25, -0.2) is 0 Å². The summed E-state index contributed by atoms with van der Waals surface area (Å²) in [5.41, 5.74) is 9.49. The molecular formula is C18H22ClNO. The summed E-state index contributed by atoms with van der Waals surface area (Å²) in [4.78, 5) is 0. The Bertz CT molecular complexity index is 568. The van der Waals surface area contributed by atoms with Crippen molar-refractivity contribution in [3.63, 3.8) is 0 Å². The largest absolute Gasteiger partial charge is 0.489 e. The molecular weight excluding hydrogens is 282 g/mol. The minimum absolute atomic E-state index is 0. The molecule has 2 rings (SSSR count). The van der Waals surface area contributed by atoms with E-state index in [0.29, 0.717) is 6.61 Å². The van der Waals surface area contributed by atoms with Crippen LogP contribution in [0.15, 0.2) is 66.7 Å². The monoisotopic (exact) mass is 303 g/mol. The van der Waals surface area contributed by atoms with Gasteiger partial charge in [0.25, 0.3) is 0 Å². The van der Waals surface area contributed by atoms with Gasteiger partial charge in [-0.2, -0.15) is 0 Å². The van der Waals surface area contributed by atoms with Gasteiger partial charge < -0.3 is 10.5 Å². The van der Waals surface area contributed by atoms with Gasteiger partial charge in [-0.3, -0.25) is 0 Å². The molecule has 21 heavy (non-hydrogen) atoms. The molecule has 0 radical (unpaired) electrons. The van der Waals surface area contributed by atoms with Crippen molar-refractivity contribution in [2.24, 2.45) is 5.73 Å². The molecule has 0 aromatic heterocycles. The maximum atomic E-state index is 6.22. The first-order chi connectivity index (χ1) is 9.66. The molecule has 3 heteroatoms. The first-order valence-corrected chi connectivity index (χ1v) is 6.82. The highest BCUT2D eigenvalue weighted by atomic mass is 35.5. The van der Waals surface area contributed by atoms with Crippen LogP contribution < -0.4 is 10.5 Å². The van der Waals surface area contributed by atoms with Crippen molar-refractivity contribution in [3.05, 3.63) is 77.9 Å². The molecule has 2 N–H and O–H groups in total. The fourth-order valence-corrected chi connectivity index (χ4v) is 2.14. The van der Waals surface area contributed by atoms with E-state index in [9.17, 15) is 0 Å². The third-order valence-electron chi connectivity index (χ3n) is 3.12. The molecule has 112 valence electrons. The van der Waals surface area contributed by atoms with Crippen LogP contribution in [0.2, 0.25) is 0 Å². The Balaban J connectivity index is 0.00000220. The maximum Gasteiger partial charge on any atom is 0.124 e. The second-order valence-corrected chi connectivity index (χ2v) is 5.08. The van der Waals surface area contributed by atoms with Crippen molar-refractivity contribution in [1.29, 1.82) is 0 Å². The molecule has 2 aromatic carbocycles. The van der Waals surface area contributed by atoms with Crippen LogP contribution in [0.25, 0.3) is 0 Å². The highest BCUT2D eigenvalue weighted by Gasteiger charge is 2.11. The van der Waals surface area contributed by atoms with Gasteiger partial charge in [-0.05, 0) is 25.0 Å². The van der Waals surface area contributed by atoms with Crippen molar-refractivity contribution < 1.29 is 4.74 Å². The van der Waals surface area contributed by atoms with Crippen molar-refractivity contribution in [2.45, 2.75) is 26.0 Å². The number of nitrogens with two attached hydrogens (primary N) is 1. The average molecular weight is 304 g/mol. The third-order valence-corrected chi connectivity index (χ3v) is 3.12. The first-order valence-electron chi connectivity index (χ1n) is 6.82. The van der Waals surface area contributed by atoms with Crippen LogP contribution in [0.3, 0.4) is 0 Å². The second-order valence-electron chi connectivity index (χ2n) is 5.08. The van der Waals surface area contributed by atoms with Gasteiger partial charge in [0.1, 0.15) is 12.4 Å². The highest BCUT2D eigenvalue weighted by Crippen LogP contribution is 2.27. The van der Waals surface area contributed by atoms with Crippen molar-refractivity contribution in [1.82, 2.24) is 0 Å². The molecule has 0 spiro atoms. The van der Waals surface area contributed by atoms with E-state index in [2.05, 4.69) is 18.7 Å². The lowest BCUT2D eigenvalue weighted by molar-refractivity contribution is 0.301. The molecule has 0 aliphatic carbocycles. The van der Waals surface area contributed by atoms with Crippen LogP contribution in [0, 0.1) is 0 Å². The Morgan fingerprint density at radius 2 is 1.71 bits per heavy atom. The lowest BCUT2D eigenvalue weighted by Gasteiger charge is -2.17. The fourth-order valence-electron chi connectivity index (χ4n) is 2.14. The van der Waals surface area contributed by atoms with Crippen LogP contribution in [0.5, 0.6) is 5.75 Å². The van der Waals surface area contributed by atoms with Gasteiger partial charge in [0.2, 0.25) is 0 Å². The van der Waals surface area contributed by atoms with Gasteiger partial charge in [0.05, 0.1) is 0 Å². The minimum atomic E-state index is -0.0699. The highest BCUT2D eigenvalue weighted by molar-refractivity contribution is 5.85. The van der Waals surface area contributed by atoms with Crippen LogP contribution in [0.4, 0.5) is 0 Å².